The van der Waals surface area contributed by atoms with Crippen molar-refractivity contribution in [3.8, 4) is 0 Å². The maximum atomic E-state index is 12.8. The maximum Gasteiger partial charge on any atom is 0.307 e. The molecule has 0 spiro atoms. The molecule has 0 atom stereocenters. The first kappa shape index (κ1) is 39.4. The Hall–Kier alpha value is -3.05. The van der Waals surface area contributed by atoms with Crippen LogP contribution in [0.3, 0.4) is 0 Å². The molecule has 10 heteroatoms. The van der Waals surface area contributed by atoms with Gasteiger partial charge in [0.1, 0.15) is 18.3 Å². The predicted molar refractivity (Wildman–Crippen MR) is 195 cm³/mol. The molecule has 0 aliphatic rings. The quantitative estimate of drug-likeness (QED) is 0.0773. The minimum absolute atomic E-state index is 0.0928. The van der Waals surface area contributed by atoms with Gasteiger partial charge in [-0.3, -0.25) is 19.5 Å². The van der Waals surface area contributed by atoms with Gasteiger partial charge in [-0.05, 0) is 88.9 Å². The molecule has 0 saturated heterocycles. The molecule has 0 unspecified atom stereocenters. The van der Waals surface area contributed by atoms with Crippen LogP contribution in [0.25, 0.3) is 0 Å². The third-order valence-corrected chi connectivity index (χ3v) is 8.71. The second-order valence-corrected chi connectivity index (χ2v) is 13.1. The van der Waals surface area contributed by atoms with E-state index >= 15 is 0 Å². The number of carbonyl (C=O) groups is 1. The van der Waals surface area contributed by atoms with E-state index in [1.807, 2.05) is 25.6 Å². The van der Waals surface area contributed by atoms with E-state index in [0.717, 1.165) is 83.3 Å². The van der Waals surface area contributed by atoms with Crippen molar-refractivity contribution >= 4 is 5.97 Å². The summed E-state index contributed by atoms with van der Waals surface area (Å²) in [5.41, 5.74) is 2.52. The molecule has 0 radical (unpaired) electrons. The first-order valence-electron chi connectivity index (χ1n) is 18.5. The Balaban J connectivity index is 1.58. The standard InChI is InChI=1S/C38H64N8O2/c1-6-20-43(21-7-2)24-10-11-25-45(26-16-38(47)48-29-28-44(22-8-3)23-9-4)30-34-12-14-35(15-13-34)31-46(32-36-39-17-18-40-36)33-37-41-19-27-42(37)5/h12-15,17-19,27H,6-11,16,20-26,28-33H2,1-5H3,(H,39,40). The molecule has 48 heavy (non-hydrogen) atoms. The average Bonchev–Trinajstić information content (AvgIpc) is 3.74. The lowest BCUT2D eigenvalue weighted by Crippen LogP contribution is -2.31. The molecule has 0 bridgehead atoms. The van der Waals surface area contributed by atoms with Gasteiger partial charge in [-0.15, -0.1) is 0 Å². The average molecular weight is 665 g/mol. The monoisotopic (exact) mass is 665 g/mol. The molecular weight excluding hydrogens is 600 g/mol. The molecule has 0 aliphatic carbocycles. The minimum Gasteiger partial charge on any atom is -0.464 e. The molecule has 1 aromatic carbocycles. The largest absolute Gasteiger partial charge is 0.464 e. The van der Waals surface area contributed by atoms with Crippen molar-refractivity contribution in [2.75, 3.05) is 59.0 Å². The topological polar surface area (TPSA) is 85.8 Å². The predicted octanol–water partition coefficient (Wildman–Crippen LogP) is 6.11. The van der Waals surface area contributed by atoms with Gasteiger partial charge in [-0.25, -0.2) is 9.97 Å². The first-order valence-corrected chi connectivity index (χ1v) is 18.5. The lowest BCUT2D eigenvalue weighted by molar-refractivity contribution is -0.144. The van der Waals surface area contributed by atoms with Crippen molar-refractivity contribution in [3.63, 3.8) is 0 Å². The number of rotatable bonds is 27. The van der Waals surface area contributed by atoms with Crippen LogP contribution in [0.2, 0.25) is 0 Å². The Bertz CT molecular complexity index is 1220. The number of aromatic amines is 1. The minimum atomic E-state index is -0.0928. The zero-order chi connectivity index (χ0) is 34.4. The molecule has 0 saturated carbocycles. The number of unbranched alkanes of at least 4 members (excludes halogenated alkanes) is 1. The van der Waals surface area contributed by atoms with Crippen LogP contribution in [0, 0.1) is 0 Å². The normalized spacial score (nSPS) is 11.9. The molecule has 3 rings (SSSR count). The van der Waals surface area contributed by atoms with Crippen LogP contribution in [-0.2, 0) is 42.8 Å². The molecule has 1 N–H and O–H groups in total. The highest BCUT2D eigenvalue weighted by atomic mass is 16.5. The second-order valence-electron chi connectivity index (χ2n) is 13.1. The number of hydrogen-bond acceptors (Lipinski definition) is 8. The summed E-state index contributed by atoms with van der Waals surface area (Å²) in [4.78, 5) is 34.8. The van der Waals surface area contributed by atoms with Gasteiger partial charge in [0.05, 0.1) is 19.5 Å². The summed E-state index contributed by atoms with van der Waals surface area (Å²) in [6.45, 7) is 20.6. The summed E-state index contributed by atoms with van der Waals surface area (Å²) in [7, 11) is 2.04. The number of carbonyl (C=O) groups excluding carboxylic acids is 1. The van der Waals surface area contributed by atoms with Gasteiger partial charge in [0.2, 0.25) is 0 Å². The fourth-order valence-electron chi connectivity index (χ4n) is 6.27. The molecule has 2 aromatic heterocycles. The van der Waals surface area contributed by atoms with E-state index in [-0.39, 0.29) is 5.97 Å². The third kappa shape index (κ3) is 15.4. The van der Waals surface area contributed by atoms with Gasteiger partial charge in [0.15, 0.2) is 0 Å². The van der Waals surface area contributed by atoms with E-state index in [1.54, 1.807) is 6.20 Å². The number of benzene rings is 1. The zero-order valence-electron chi connectivity index (χ0n) is 30.7. The van der Waals surface area contributed by atoms with Crippen LogP contribution in [-0.4, -0.2) is 104 Å². The van der Waals surface area contributed by atoms with Gasteiger partial charge in [0, 0.05) is 58.0 Å². The molecular formula is C38H64N8O2. The van der Waals surface area contributed by atoms with Crippen molar-refractivity contribution in [2.45, 2.75) is 98.8 Å². The number of H-pyrrole nitrogens is 1. The number of imidazole rings is 2. The van der Waals surface area contributed by atoms with Crippen molar-refractivity contribution in [2.24, 2.45) is 7.05 Å². The zero-order valence-corrected chi connectivity index (χ0v) is 30.7. The Morgan fingerprint density at radius 2 is 1.27 bits per heavy atom. The summed E-state index contributed by atoms with van der Waals surface area (Å²) in [5.74, 6) is 1.88. The van der Waals surface area contributed by atoms with Gasteiger partial charge in [-0.2, -0.15) is 0 Å². The molecule has 3 aromatic rings. The van der Waals surface area contributed by atoms with E-state index in [0.29, 0.717) is 26.1 Å². The smallest absolute Gasteiger partial charge is 0.307 e. The summed E-state index contributed by atoms with van der Waals surface area (Å²) in [6, 6.07) is 8.96. The van der Waals surface area contributed by atoms with Gasteiger partial charge in [-0.1, -0.05) is 52.0 Å². The number of hydrogen-bond donors (Lipinski definition) is 1. The van der Waals surface area contributed by atoms with Gasteiger partial charge >= 0.3 is 5.97 Å². The second kappa shape index (κ2) is 23.3. The number of nitrogens with one attached hydrogen (secondary N) is 1. The molecule has 0 amide bonds. The van der Waals surface area contributed by atoms with E-state index in [4.69, 9.17) is 4.74 Å². The highest BCUT2D eigenvalue weighted by Gasteiger charge is 2.15. The number of aromatic nitrogens is 4. The van der Waals surface area contributed by atoms with Crippen LogP contribution in [0.5, 0.6) is 0 Å². The Labute approximate surface area is 290 Å². The Morgan fingerprint density at radius 1 is 0.688 bits per heavy atom. The summed E-state index contributed by atoms with van der Waals surface area (Å²) in [6.07, 6.45) is 14.9. The SMILES string of the molecule is CCCN(CCC)CCCCN(CCC(=O)OCCN(CCC)CCC)Cc1ccc(CN(Cc2ncc[nH]2)Cc2nccn2C)cc1. The Kier molecular flexibility index (Phi) is 19.1. The Morgan fingerprint density at radius 3 is 1.81 bits per heavy atom. The summed E-state index contributed by atoms with van der Waals surface area (Å²) < 4.78 is 7.75. The van der Waals surface area contributed by atoms with Crippen LogP contribution < -0.4 is 0 Å². The lowest BCUT2D eigenvalue weighted by Gasteiger charge is -2.25. The van der Waals surface area contributed by atoms with Crippen molar-refractivity contribution in [1.29, 1.82) is 0 Å². The number of ether oxygens (including phenoxy) is 1. The van der Waals surface area contributed by atoms with Crippen LogP contribution in [0.4, 0.5) is 0 Å². The number of aryl methyl sites for hydroxylation is 1. The summed E-state index contributed by atoms with van der Waals surface area (Å²) in [5, 5.41) is 0. The van der Waals surface area contributed by atoms with E-state index in [2.05, 4.69) is 91.1 Å². The molecule has 268 valence electrons. The number of nitrogens with zero attached hydrogens (tertiary/aromatic N) is 7. The number of esters is 1. The molecule has 10 nitrogen and oxygen atoms in total. The van der Waals surface area contributed by atoms with Crippen LogP contribution in [0.15, 0.2) is 49.1 Å². The van der Waals surface area contributed by atoms with Crippen LogP contribution >= 0.6 is 0 Å². The fourth-order valence-corrected chi connectivity index (χ4v) is 6.27. The molecule has 0 fully saturated rings. The van der Waals surface area contributed by atoms with Gasteiger partial charge < -0.3 is 19.2 Å². The van der Waals surface area contributed by atoms with Gasteiger partial charge in [0.25, 0.3) is 0 Å². The van der Waals surface area contributed by atoms with E-state index in [9.17, 15) is 4.79 Å². The summed E-state index contributed by atoms with van der Waals surface area (Å²) >= 11 is 0. The van der Waals surface area contributed by atoms with Crippen LogP contribution in [0.1, 0.15) is 95.4 Å². The third-order valence-electron chi connectivity index (χ3n) is 8.71. The van der Waals surface area contributed by atoms with E-state index < -0.39 is 0 Å². The lowest BCUT2D eigenvalue weighted by atomic mass is 10.1. The molecule has 0 aliphatic heterocycles. The van der Waals surface area contributed by atoms with Crippen molar-refractivity contribution in [3.05, 3.63) is 71.8 Å². The highest BCUT2D eigenvalue weighted by Crippen LogP contribution is 2.15. The maximum absolute atomic E-state index is 12.8. The fraction of sp³-hybridized carbons (Fsp3) is 0.658. The van der Waals surface area contributed by atoms with Crippen molar-refractivity contribution < 1.29 is 9.53 Å². The molecule has 2 heterocycles. The first-order chi connectivity index (χ1) is 23.4. The van der Waals surface area contributed by atoms with E-state index in [1.165, 1.54) is 43.5 Å². The highest BCUT2D eigenvalue weighted by molar-refractivity contribution is 5.69. The van der Waals surface area contributed by atoms with Crippen molar-refractivity contribution in [1.82, 2.24) is 39.1 Å².